The third-order valence-electron chi connectivity index (χ3n) is 3.48. The first-order valence-corrected chi connectivity index (χ1v) is 6.60. The van der Waals surface area contributed by atoms with Crippen molar-refractivity contribution < 1.29 is 9.53 Å². The molecule has 0 aliphatic carbocycles. The number of nitrogens with zero attached hydrogens (tertiary/aromatic N) is 1. The first-order chi connectivity index (χ1) is 9.20. The zero-order valence-electron chi connectivity index (χ0n) is 11.3. The third kappa shape index (κ3) is 3.61. The fourth-order valence-corrected chi connectivity index (χ4v) is 2.49. The number of carbonyl (C=O) groups is 1. The Bertz CT molecular complexity index is 413. The van der Waals surface area contributed by atoms with E-state index in [0.29, 0.717) is 6.04 Å². The Labute approximate surface area is 113 Å². The van der Waals surface area contributed by atoms with E-state index in [1.54, 1.807) is 7.11 Å². The first kappa shape index (κ1) is 13.7. The average molecular weight is 263 g/mol. The lowest BCUT2D eigenvalue weighted by atomic mass is 10.0. The van der Waals surface area contributed by atoms with Crippen LogP contribution in [-0.2, 0) is 4.79 Å². The summed E-state index contributed by atoms with van der Waals surface area (Å²) in [6.07, 6.45) is 2.05. The monoisotopic (exact) mass is 263 g/mol. The quantitative estimate of drug-likeness (QED) is 0.822. The molecule has 0 bridgehead atoms. The molecule has 0 aromatic heterocycles. The van der Waals surface area contributed by atoms with Gasteiger partial charge in [0.05, 0.1) is 13.7 Å². The zero-order valence-corrected chi connectivity index (χ0v) is 11.3. The molecule has 5 nitrogen and oxygen atoms in total. The second kappa shape index (κ2) is 6.43. The summed E-state index contributed by atoms with van der Waals surface area (Å²) in [5.74, 6) is 0.516. The molecule has 0 radical (unpaired) electrons. The number of anilines is 1. The average Bonchev–Trinajstić information content (AvgIpc) is 2.46. The van der Waals surface area contributed by atoms with E-state index in [-0.39, 0.29) is 12.5 Å². The minimum atomic E-state index is -0.297. The van der Waals surface area contributed by atoms with E-state index in [2.05, 4.69) is 10.2 Å². The molecule has 3 N–H and O–H groups in total. The smallest absolute Gasteiger partial charge is 0.236 e. The van der Waals surface area contributed by atoms with Crippen LogP contribution in [0.2, 0.25) is 0 Å². The summed E-state index contributed by atoms with van der Waals surface area (Å²) in [6, 6.07) is 8.13. The van der Waals surface area contributed by atoms with Crippen molar-refractivity contribution in [3.8, 4) is 5.75 Å². The second-order valence-corrected chi connectivity index (χ2v) is 4.77. The normalized spacial score (nSPS) is 16.1. The number of benzene rings is 1. The van der Waals surface area contributed by atoms with Crippen molar-refractivity contribution in [1.82, 2.24) is 5.32 Å². The molecule has 1 fully saturated rings. The summed E-state index contributed by atoms with van der Waals surface area (Å²) < 4.78 is 5.16. The Balaban J connectivity index is 2.17. The molecule has 5 heteroatoms. The number of nitrogens with one attached hydrogen (secondary N) is 1. The Hall–Kier alpha value is -1.75. The van der Waals surface area contributed by atoms with E-state index in [1.807, 2.05) is 24.3 Å². The molecule has 0 atom stereocenters. The van der Waals surface area contributed by atoms with Gasteiger partial charge in [-0.1, -0.05) is 0 Å². The minimum Gasteiger partial charge on any atom is -0.497 e. The number of amides is 1. The number of ether oxygens (including phenoxy) is 1. The van der Waals surface area contributed by atoms with Gasteiger partial charge in [0.15, 0.2) is 0 Å². The van der Waals surface area contributed by atoms with E-state index in [9.17, 15) is 4.79 Å². The van der Waals surface area contributed by atoms with Gasteiger partial charge in [-0.15, -0.1) is 0 Å². The Kier molecular flexibility index (Phi) is 4.63. The summed E-state index contributed by atoms with van der Waals surface area (Å²) in [7, 11) is 1.64. The van der Waals surface area contributed by atoms with Gasteiger partial charge < -0.3 is 20.7 Å². The topological polar surface area (TPSA) is 67.6 Å². The van der Waals surface area contributed by atoms with Crippen LogP contribution in [0, 0.1) is 0 Å². The largest absolute Gasteiger partial charge is 0.497 e. The molecule has 1 saturated heterocycles. The molecule has 0 spiro atoms. The first-order valence-electron chi connectivity index (χ1n) is 6.60. The lowest BCUT2D eigenvalue weighted by Gasteiger charge is -2.35. The summed E-state index contributed by atoms with van der Waals surface area (Å²) in [6.45, 7) is 2.23. The molecule has 1 amide bonds. The molecule has 1 aliphatic rings. The lowest BCUT2D eigenvalue weighted by molar-refractivity contribution is -0.116. The number of nitrogens with two attached hydrogens (primary N) is 1. The molecule has 19 heavy (non-hydrogen) atoms. The molecule has 104 valence electrons. The summed E-state index contributed by atoms with van der Waals surface area (Å²) >= 11 is 0. The molecule has 1 aliphatic heterocycles. The van der Waals surface area contributed by atoms with Gasteiger partial charge in [-0.3, -0.25) is 4.79 Å². The fraction of sp³-hybridized carbons (Fsp3) is 0.500. The lowest BCUT2D eigenvalue weighted by Crippen LogP contribution is -2.46. The van der Waals surface area contributed by atoms with Gasteiger partial charge in [-0.05, 0) is 50.2 Å². The van der Waals surface area contributed by atoms with Gasteiger partial charge in [0.1, 0.15) is 5.75 Å². The predicted octanol–water partition coefficient (Wildman–Crippen LogP) is 0.739. The van der Waals surface area contributed by atoms with Crippen molar-refractivity contribution in [2.75, 3.05) is 31.6 Å². The molecule has 1 aromatic rings. The van der Waals surface area contributed by atoms with Crippen LogP contribution in [0.3, 0.4) is 0 Å². The van der Waals surface area contributed by atoms with Crippen molar-refractivity contribution in [3.05, 3.63) is 24.3 Å². The van der Waals surface area contributed by atoms with Gasteiger partial charge in [0, 0.05) is 11.7 Å². The van der Waals surface area contributed by atoms with Gasteiger partial charge in [-0.25, -0.2) is 0 Å². The Morgan fingerprint density at radius 3 is 2.53 bits per heavy atom. The van der Waals surface area contributed by atoms with E-state index >= 15 is 0 Å². The maximum Gasteiger partial charge on any atom is 0.236 e. The number of primary amides is 1. The van der Waals surface area contributed by atoms with Crippen LogP contribution in [0.1, 0.15) is 12.8 Å². The highest BCUT2D eigenvalue weighted by Gasteiger charge is 2.22. The SMILES string of the molecule is COc1ccc(N(CC(N)=O)C2CCNCC2)cc1. The standard InChI is InChI=1S/C14H21N3O2/c1-19-13-4-2-11(3-5-13)17(10-14(15)18)12-6-8-16-9-7-12/h2-5,12,16H,6-10H2,1H3,(H2,15,18). The summed E-state index contributed by atoms with van der Waals surface area (Å²) in [5.41, 5.74) is 6.39. The minimum absolute atomic E-state index is 0.261. The third-order valence-corrected chi connectivity index (χ3v) is 3.48. The van der Waals surface area contributed by atoms with Crippen LogP contribution in [0.5, 0.6) is 5.75 Å². The van der Waals surface area contributed by atoms with Crippen molar-refractivity contribution in [2.45, 2.75) is 18.9 Å². The van der Waals surface area contributed by atoms with Crippen LogP contribution >= 0.6 is 0 Å². The summed E-state index contributed by atoms with van der Waals surface area (Å²) in [5, 5.41) is 3.33. The van der Waals surface area contributed by atoms with Crippen molar-refractivity contribution in [2.24, 2.45) is 5.73 Å². The van der Waals surface area contributed by atoms with Gasteiger partial charge in [0.2, 0.25) is 5.91 Å². The Morgan fingerprint density at radius 2 is 2.00 bits per heavy atom. The number of rotatable bonds is 5. The molecule has 1 aromatic carbocycles. The second-order valence-electron chi connectivity index (χ2n) is 4.77. The number of methoxy groups -OCH3 is 1. The molecule has 2 rings (SSSR count). The highest BCUT2D eigenvalue weighted by molar-refractivity contribution is 5.79. The number of hydrogen-bond donors (Lipinski definition) is 2. The van der Waals surface area contributed by atoms with Crippen LogP contribution in [0.15, 0.2) is 24.3 Å². The van der Waals surface area contributed by atoms with E-state index in [0.717, 1.165) is 37.4 Å². The van der Waals surface area contributed by atoms with Gasteiger partial charge >= 0.3 is 0 Å². The van der Waals surface area contributed by atoms with Crippen LogP contribution in [0.25, 0.3) is 0 Å². The van der Waals surface area contributed by atoms with Crippen LogP contribution in [0.4, 0.5) is 5.69 Å². The highest BCUT2D eigenvalue weighted by atomic mass is 16.5. The molecule has 0 saturated carbocycles. The number of hydrogen-bond acceptors (Lipinski definition) is 4. The highest BCUT2D eigenvalue weighted by Crippen LogP contribution is 2.24. The van der Waals surface area contributed by atoms with Crippen LogP contribution < -0.4 is 20.7 Å². The number of piperidine rings is 1. The van der Waals surface area contributed by atoms with Crippen molar-refractivity contribution in [3.63, 3.8) is 0 Å². The van der Waals surface area contributed by atoms with E-state index in [4.69, 9.17) is 10.5 Å². The van der Waals surface area contributed by atoms with E-state index in [1.165, 1.54) is 0 Å². The van der Waals surface area contributed by atoms with Crippen molar-refractivity contribution >= 4 is 11.6 Å². The van der Waals surface area contributed by atoms with Crippen LogP contribution in [-0.4, -0.2) is 38.7 Å². The summed E-state index contributed by atoms with van der Waals surface area (Å²) in [4.78, 5) is 13.4. The predicted molar refractivity (Wildman–Crippen MR) is 75.4 cm³/mol. The van der Waals surface area contributed by atoms with E-state index < -0.39 is 0 Å². The molecule has 1 heterocycles. The fourth-order valence-electron chi connectivity index (χ4n) is 2.49. The molecular formula is C14H21N3O2. The Morgan fingerprint density at radius 1 is 1.37 bits per heavy atom. The molecular weight excluding hydrogens is 242 g/mol. The maximum atomic E-state index is 11.3. The van der Waals surface area contributed by atoms with Gasteiger partial charge in [-0.2, -0.15) is 0 Å². The molecule has 0 unspecified atom stereocenters. The van der Waals surface area contributed by atoms with Crippen molar-refractivity contribution in [1.29, 1.82) is 0 Å². The zero-order chi connectivity index (χ0) is 13.7. The number of carbonyl (C=O) groups excluding carboxylic acids is 1. The van der Waals surface area contributed by atoms with Gasteiger partial charge in [0.25, 0.3) is 0 Å². The maximum absolute atomic E-state index is 11.3.